The molecular formula is C11H10ClN5O2S2. The van der Waals surface area contributed by atoms with E-state index >= 15 is 0 Å². The molecule has 0 saturated heterocycles. The number of sulfone groups is 1. The molecular weight excluding hydrogens is 334 g/mol. The van der Waals surface area contributed by atoms with Crippen LogP contribution >= 0.6 is 23.8 Å². The highest BCUT2D eigenvalue weighted by Crippen LogP contribution is 2.20. The molecule has 2 aromatic rings. The Labute approximate surface area is 131 Å². The van der Waals surface area contributed by atoms with Crippen LogP contribution in [0.4, 0.5) is 5.82 Å². The number of halogens is 1. The zero-order valence-electron chi connectivity index (χ0n) is 10.4. The van der Waals surface area contributed by atoms with Gasteiger partial charge in [-0.3, -0.25) is 0 Å². The molecule has 0 saturated carbocycles. The van der Waals surface area contributed by atoms with Gasteiger partial charge >= 0.3 is 0 Å². The maximum Gasteiger partial charge on any atom is 0.225 e. The normalized spacial score (nSPS) is 11.0. The number of thiocarbonyl (C=S) groups is 1. The van der Waals surface area contributed by atoms with E-state index in [1.807, 2.05) is 0 Å². The molecule has 0 fully saturated rings. The van der Waals surface area contributed by atoms with Crippen LogP contribution in [0.15, 0.2) is 46.6 Å². The largest absolute Gasteiger partial charge is 0.315 e. The Balaban J connectivity index is 2.29. The molecule has 0 aliphatic rings. The topological polar surface area (TPSA) is 110 Å². The van der Waals surface area contributed by atoms with Crippen molar-refractivity contribution in [1.82, 2.24) is 15.4 Å². The number of rotatable bonds is 3. The van der Waals surface area contributed by atoms with Gasteiger partial charge in [0.1, 0.15) is 0 Å². The second-order valence-electron chi connectivity index (χ2n) is 3.80. The Bertz CT molecular complexity index is 747. The van der Waals surface area contributed by atoms with Crippen LogP contribution in [0.3, 0.4) is 0 Å². The van der Waals surface area contributed by atoms with Crippen LogP contribution in [0.5, 0.6) is 0 Å². The van der Waals surface area contributed by atoms with Crippen molar-refractivity contribution in [2.75, 3.05) is 5.32 Å². The number of aromatic nitrogens is 2. The van der Waals surface area contributed by atoms with E-state index in [4.69, 9.17) is 29.7 Å². The fraction of sp³-hybridized carbons (Fsp3) is 0. The number of benzene rings is 1. The highest BCUT2D eigenvalue weighted by Gasteiger charge is 2.19. The fourth-order valence-electron chi connectivity index (χ4n) is 1.41. The maximum absolute atomic E-state index is 12.3. The Kier molecular flexibility index (Phi) is 4.68. The Morgan fingerprint density at radius 1 is 1.19 bits per heavy atom. The van der Waals surface area contributed by atoms with Crippen molar-refractivity contribution >= 4 is 44.6 Å². The van der Waals surface area contributed by atoms with Crippen LogP contribution in [-0.2, 0) is 9.84 Å². The summed E-state index contributed by atoms with van der Waals surface area (Å²) in [5.74, 6) is 5.37. The monoisotopic (exact) mass is 343 g/mol. The molecule has 0 spiro atoms. The summed E-state index contributed by atoms with van der Waals surface area (Å²) in [5.41, 5.74) is 2.21. The molecule has 0 bridgehead atoms. The summed E-state index contributed by atoms with van der Waals surface area (Å²) in [6, 6.07) is 5.78. The lowest BCUT2D eigenvalue weighted by Gasteiger charge is -2.07. The molecule has 2 rings (SSSR count). The van der Waals surface area contributed by atoms with Gasteiger partial charge in [-0.1, -0.05) is 11.6 Å². The van der Waals surface area contributed by atoms with Gasteiger partial charge in [0, 0.05) is 5.02 Å². The van der Waals surface area contributed by atoms with Crippen molar-refractivity contribution in [3.8, 4) is 0 Å². The van der Waals surface area contributed by atoms with E-state index in [0.29, 0.717) is 5.02 Å². The van der Waals surface area contributed by atoms with Crippen molar-refractivity contribution in [3.05, 3.63) is 41.7 Å². The molecule has 0 radical (unpaired) electrons. The molecule has 21 heavy (non-hydrogen) atoms. The number of nitrogens with two attached hydrogens (primary N) is 1. The highest BCUT2D eigenvalue weighted by atomic mass is 35.5. The van der Waals surface area contributed by atoms with Gasteiger partial charge in [0.25, 0.3) is 0 Å². The number of hydrogen-bond acceptors (Lipinski definition) is 6. The van der Waals surface area contributed by atoms with Gasteiger partial charge in [-0.05, 0) is 36.5 Å². The van der Waals surface area contributed by atoms with Gasteiger partial charge in [-0.25, -0.2) is 24.2 Å². The number of anilines is 1. The van der Waals surface area contributed by atoms with E-state index in [-0.39, 0.29) is 20.9 Å². The lowest BCUT2D eigenvalue weighted by molar-refractivity contribution is 0.592. The zero-order valence-corrected chi connectivity index (χ0v) is 12.8. The van der Waals surface area contributed by atoms with E-state index in [1.54, 1.807) is 0 Å². The molecule has 1 heterocycles. The van der Waals surface area contributed by atoms with Gasteiger partial charge in [-0.2, -0.15) is 0 Å². The molecule has 110 valence electrons. The fourth-order valence-corrected chi connectivity index (χ4v) is 2.76. The van der Waals surface area contributed by atoms with Gasteiger partial charge in [0.2, 0.25) is 9.84 Å². The zero-order chi connectivity index (χ0) is 15.5. The Morgan fingerprint density at radius 2 is 1.86 bits per heavy atom. The number of nitrogens with zero attached hydrogens (tertiary/aromatic N) is 2. The first-order valence-electron chi connectivity index (χ1n) is 5.54. The van der Waals surface area contributed by atoms with Crippen LogP contribution in [0, 0.1) is 0 Å². The third-order valence-electron chi connectivity index (χ3n) is 2.40. The van der Waals surface area contributed by atoms with Crippen LogP contribution < -0.4 is 16.6 Å². The number of hydrogen-bond donors (Lipinski definition) is 3. The van der Waals surface area contributed by atoms with Crippen molar-refractivity contribution in [3.63, 3.8) is 0 Å². The lowest BCUT2D eigenvalue weighted by atomic mass is 10.4. The molecule has 10 heteroatoms. The highest BCUT2D eigenvalue weighted by molar-refractivity contribution is 7.91. The van der Waals surface area contributed by atoms with E-state index in [0.717, 1.165) is 6.20 Å². The third kappa shape index (κ3) is 3.64. The van der Waals surface area contributed by atoms with Crippen molar-refractivity contribution in [1.29, 1.82) is 0 Å². The average molecular weight is 344 g/mol. The summed E-state index contributed by atoms with van der Waals surface area (Å²) in [7, 11) is -3.74. The average Bonchev–Trinajstić information content (AvgIpc) is 2.48. The summed E-state index contributed by atoms with van der Waals surface area (Å²) < 4.78 is 24.6. The second-order valence-corrected chi connectivity index (χ2v) is 6.54. The van der Waals surface area contributed by atoms with E-state index in [1.165, 1.54) is 30.5 Å². The van der Waals surface area contributed by atoms with Crippen molar-refractivity contribution in [2.45, 2.75) is 9.92 Å². The summed E-state index contributed by atoms with van der Waals surface area (Å²) in [4.78, 5) is 7.86. The van der Waals surface area contributed by atoms with Crippen LogP contribution in [0.2, 0.25) is 5.02 Å². The smallest absolute Gasteiger partial charge is 0.225 e. The first-order chi connectivity index (χ1) is 9.93. The molecule has 1 aromatic heterocycles. The summed E-state index contributed by atoms with van der Waals surface area (Å²) in [6.45, 7) is 0. The predicted octanol–water partition coefficient (Wildman–Crippen LogP) is 1.12. The van der Waals surface area contributed by atoms with Crippen LogP contribution in [0.25, 0.3) is 0 Å². The Hall–Kier alpha value is -1.81. The lowest BCUT2D eigenvalue weighted by Crippen LogP contribution is -2.34. The van der Waals surface area contributed by atoms with Gasteiger partial charge in [0.15, 0.2) is 16.0 Å². The maximum atomic E-state index is 12.3. The second kappa shape index (κ2) is 6.31. The van der Waals surface area contributed by atoms with E-state index < -0.39 is 9.84 Å². The predicted molar refractivity (Wildman–Crippen MR) is 82.5 cm³/mol. The summed E-state index contributed by atoms with van der Waals surface area (Å²) >= 11 is 10.5. The van der Waals surface area contributed by atoms with E-state index in [2.05, 4.69) is 20.7 Å². The Morgan fingerprint density at radius 3 is 2.38 bits per heavy atom. The molecule has 0 unspecified atom stereocenters. The van der Waals surface area contributed by atoms with Gasteiger partial charge in [-0.15, -0.1) is 0 Å². The standard InChI is InChI=1S/C11H10ClN5O2S2/c12-7-1-3-8(4-2-7)21(18,19)10-6-14-9(5-15-10)16-11(20)17-13/h1-6H,13H2,(H2,14,16,17,20). The minimum Gasteiger partial charge on any atom is -0.315 e. The molecule has 0 amide bonds. The van der Waals surface area contributed by atoms with Crippen LogP contribution in [0.1, 0.15) is 0 Å². The molecule has 1 aromatic carbocycles. The summed E-state index contributed by atoms with van der Waals surface area (Å²) in [6.07, 6.45) is 2.37. The SMILES string of the molecule is NNC(=S)Nc1cnc(S(=O)(=O)c2ccc(Cl)cc2)cn1. The first-order valence-corrected chi connectivity index (χ1v) is 7.81. The number of nitrogens with one attached hydrogen (secondary N) is 2. The number of hydrazine groups is 1. The first kappa shape index (κ1) is 15.6. The van der Waals surface area contributed by atoms with Crippen LogP contribution in [-0.4, -0.2) is 23.5 Å². The minimum absolute atomic E-state index is 0.0843. The molecule has 0 aliphatic carbocycles. The van der Waals surface area contributed by atoms with Gasteiger partial charge in [0.05, 0.1) is 17.3 Å². The summed E-state index contributed by atoms with van der Waals surface area (Å²) in [5, 5.41) is 3.03. The van der Waals surface area contributed by atoms with E-state index in [9.17, 15) is 8.42 Å². The minimum atomic E-state index is -3.74. The molecule has 4 N–H and O–H groups in total. The van der Waals surface area contributed by atoms with Crippen molar-refractivity contribution < 1.29 is 8.42 Å². The third-order valence-corrected chi connectivity index (χ3v) is 4.53. The molecule has 0 atom stereocenters. The van der Waals surface area contributed by atoms with Gasteiger partial charge < -0.3 is 10.7 Å². The quantitative estimate of drug-likeness (QED) is 0.432. The van der Waals surface area contributed by atoms with Crippen molar-refractivity contribution in [2.24, 2.45) is 5.84 Å². The molecule has 0 aliphatic heterocycles. The molecule has 7 nitrogen and oxygen atoms in total.